The molecule has 150 valence electrons. The van der Waals surface area contributed by atoms with Crippen molar-refractivity contribution in [1.82, 2.24) is 20.2 Å². The van der Waals surface area contributed by atoms with Crippen molar-refractivity contribution in [1.29, 1.82) is 0 Å². The lowest BCUT2D eigenvalue weighted by molar-refractivity contribution is 0.102. The number of hydrogen-bond acceptors (Lipinski definition) is 4. The molecular weight excluding hydrogens is 454 g/mol. The third kappa shape index (κ3) is 3.95. The number of anilines is 1. The first-order chi connectivity index (χ1) is 15.2. The number of rotatable bonds is 4. The van der Waals surface area contributed by atoms with Gasteiger partial charge < -0.3 is 5.32 Å². The fourth-order valence-corrected chi connectivity index (χ4v) is 3.81. The molecule has 0 unspecified atom stereocenters. The summed E-state index contributed by atoms with van der Waals surface area (Å²) in [6.45, 7) is 0. The Bertz CT molecular complexity index is 1400. The van der Waals surface area contributed by atoms with Crippen LogP contribution in [0, 0.1) is 0 Å². The van der Waals surface area contributed by atoms with Gasteiger partial charge in [-0.3, -0.25) is 14.9 Å². The summed E-state index contributed by atoms with van der Waals surface area (Å²) < 4.78 is 0.950. The second kappa shape index (κ2) is 8.12. The largest absolute Gasteiger partial charge is 0.305 e. The van der Waals surface area contributed by atoms with E-state index in [-0.39, 0.29) is 5.91 Å². The maximum atomic E-state index is 13.2. The molecule has 2 aromatic carbocycles. The van der Waals surface area contributed by atoms with Gasteiger partial charge in [-0.15, -0.1) is 0 Å². The Labute approximate surface area is 186 Å². The van der Waals surface area contributed by atoms with E-state index in [0.29, 0.717) is 11.4 Å². The lowest BCUT2D eigenvalue weighted by atomic mass is 10.0. The molecule has 0 aliphatic rings. The van der Waals surface area contributed by atoms with Crippen LogP contribution in [-0.4, -0.2) is 26.1 Å². The molecule has 31 heavy (non-hydrogen) atoms. The lowest BCUT2D eigenvalue weighted by Crippen LogP contribution is -2.13. The van der Waals surface area contributed by atoms with Crippen LogP contribution in [0.1, 0.15) is 10.4 Å². The molecule has 0 saturated carbocycles. The average Bonchev–Trinajstić information content (AvgIpc) is 3.27. The van der Waals surface area contributed by atoms with E-state index < -0.39 is 0 Å². The average molecular weight is 470 g/mol. The highest BCUT2D eigenvalue weighted by molar-refractivity contribution is 9.10. The van der Waals surface area contributed by atoms with E-state index in [1.165, 1.54) is 0 Å². The highest BCUT2D eigenvalue weighted by atomic mass is 79.9. The highest BCUT2D eigenvalue weighted by Gasteiger charge is 2.16. The van der Waals surface area contributed by atoms with Crippen molar-refractivity contribution in [2.45, 2.75) is 0 Å². The Morgan fingerprint density at radius 2 is 1.74 bits per heavy atom. The van der Waals surface area contributed by atoms with Gasteiger partial charge in [0.25, 0.3) is 5.91 Å². The van der Waals surface area contributed by atoms with Crippen LogP contribution >= 0.6 is 15.9 Å². The molecule has 5 rings (SSSR count). The minimum atomic E-state index is -0.248. The number of aromatic amines is 1. The number of carbonyl (C=O) groups excluding carboxylic acids is 1. The van der Waals surface area contributed by atoms with Crippen molar-refractivity contribution in [2.75, 3.05) is 5.32 Å². The number of benzene rings is 2. The molecule has 0 aliphatic carbocycles. The number of H-pyrrole nitrogens is 1. The van der Waals surface area contributed by atoms with Crippen LogP contribution in [0.2, 0.25) is 0 Å². The Morgan fingerprint density at radius 3 is 2.58 bits per heavy atom. The fourth-order valence-electron chi connectivity index (χ4n) is 3.41. The van der Waals surface area contributed by atoms with Crippen molar-refractivity contribution < 1.29 is 4.79 Å². The zero-order valence-corrected chi connectivity index (χ0v) is 17.8. The number of halogens is 1. The highest BCUT2D eigenvalue weighted by Crippen LogP contribution is 2.27. The molecule has 7 heteroatoms. The van der Waals surface area contributed by atoms with Crippen molar-refractivity contribution in [2.24, 2.45) is 0 Å². The summed E-state index contributed by atoms with van der Waals surface area (Å²) in [6.07, 6.45) is 3.42. The van der Waals surface area contributed by atoms with Gasteiger partial charge in [-0.2, -0.15) is 5.10 Å². The van der Waals surface area contributed by atoms with Gasteiger partial charge in [-0.1, -0.05) is 46.3 Å². The van der Waals surface area contributed by atoms with E-state index in [9.17, 15) is 4.79 Å². The van der Waals surface area contributed by atoms with Gasteiger partial charge in [0.15, 0.2) is 5.82 Å². The monoisotopic (exact) mass is 469 g/mol. The molecule has 0 saturated heterocycles. The molecule has 0 bridgehead atoms. The van der Waals surface area contributed by atoms with Crippen LogP contribution < -0.4 is 5.32 Å². The van der Waals surface area contributed by atoms with Crippen LogP contribution in [-0.2, 0) is 0 Å². The maximum Gasteiger partial charge on any atom is 0.257 e. The summed E-state index contributed by atoms with van der Waals surface area (Å²) in [5, 5.41) is 10.9. The molecule has 0 radical (unpaired) electrons. The zero-order valence-electron chi connectivity index (χ0n) is 16.2. The van der Waals surface area contributed by atoms with Crippen molar-refractivity contribution in [3.05, 3.63) is 95.2 Å². The number of amides is 1. The van der Waals surface area contributed by atoms with Gasteiger partial charge >= 0.3 is 0 Å². The molecule has 3 heterocycles. The topological polar surface area (TPSA) is 83.6 Å². The van der Waals surface area contributed by atoms with Crippen molar-refractivity contribution in [3.63, 3.8) is 0 Å². The van der Waals surface area contributed by atoms with Gasteiger partial charge in [0.2, 0.25) is 0 Å². The minimum absolute atomic E-state index is 0.248. The van der Waals surface area contributed by atoms with E-state index in [0.717, 1.165) is 37.9 Å². The number of para-hydroxylation sites is 1. The van der Waals surface area contributed by atoms with E-state index >= 15 is 0 Å². The Hall–Kier alpha value is -3.84. The molecule has 0 atom stereocenters. The predicted octanol–water partition coefficient (Wildman–Crippen LogP) is 5.70. The number of nitrogens with zero attached hydrogens (tertiary/aromatic N) is 3. The van der Waals surface area contributed by atoms with Crippen molar-refractivity contribution in [3.8, 4) is 22.5 Å². The number of pyridine rings is 2. The summed E-state index contributed by atoms with van der Waals surface area (Å²) in [5.74, 6) is 0.198. The van der Waals surface area contributed by atoms with Crippen LogP contribution in [0.15, 0.2) is 89.7 Å². The van der Waals surface area contributed by atoms with Gasteiger partial charge in [0.1, 0.15) is 0 Å². The Morgan fingerprint density at radius 1 is 0.903 bits per heavy atom. The SMILES string of the molecule is O=C(Nc1cc(-c2ccncc2)[nH]n1)c1cc(-c2cccc(Br)c2)nc2ccccc12. The standard InChI is InChI=1S/C24H16BrN5O/c25-17-5-3-4-16(12-17)21-13-19(18-6-1-2-7-20(18)27-21)24(31)28-23-14-22(29-30-23)15-8-10-26-11-9-15/h1-14H,(H2,28,29,30,31). The summed E-state index contributed by atoms with van der Waals surface area (Å²) in [4.78, 5) is 22.0. The molecule has 1 amide bonds. The van der Waals surface area contributed by atoms with E-state index in [4.69, 9.17) is 4.98 Å². The molecular formula is C24H16BrN5O. The summed E-state index contributed by atoms with van der Waals surface area (Å²) in [5.41, 5.74) is 4.68. The quantitative estimate of drug-likeness (QED) is 0.353. The second-order valence-electron chi connectivity index (χ2n) is 6.94. The minimum Gasteiger partial charge on any atom is -0.305 e. The first-order valence-electron chi connectivity index (χ1n) is 9.60. The van der Waals surface area contributed by atoms with Crippen LogP contribution in [0.4, 0.5) is 5.82 Å². The smallest absolute Gasteiger partial charge is 0.257 e. The summed E-state index contributed by atoms with van der Waals surface area (Å²) >= 11 is 3.50. The molecule has 6 nitrogen and oxygen atoms in total. The Balaban J connectivity index is 1.52. The third-order valence-electron chi connectivity index (χ3n) is 4.89. The zero-order chi connectivity index (χ0) is 21.2. The number of fused-ring (bicyclic) bond motifs is 1. The van der Waals surface area contributed by atoms with Crippen LogP contribution in [0.25, 0.3) is 33.4 Å². The normalized spacial score (nSPS) is 10.9. The van der Waals surface area contributed by atoms with Crippen LogP contribution in [0.5, 0.6) is 0 Å². The third-order valence-corrected chi connectivity index (χ3v) is 5.39. The van der Waals surface area contributed by atoms with Gasteiger partial charge in [-0.25, -0.2) is 4.98 Å². The van der Waals surface area contributed by atoms with Crippen molar-refractivity contribution >= 4 is 38.6 Å². The number of nitrogens with one attached hydrogen (secondary N) is 2. The van der Waals surface area contributed by atoms with Gasteiger partial charge in [0.05, 0.1) is 22.5 Å². The molecule has 0 spiro atoms. The summed E-state index contributed by atoms with van der Waals surface area (Å²) in [6, 6.07) is 22.8. The van der Waals surface area contributed by atoms with E-state index in [1.807, 2.05) is 66.7 Å². The molecule has 0 fully saturated rings. The number of carbonyl (C=O) groups is 1. The van der Waals surface area contributed by atoms with E-state index in [1.54, 1.807) is 18.5 Å². The first kappa shape index (κ1) is 19.1. The predicted molar refractivity (Wildman–Crippen MR) is 125 cm³/mol. The second-order valence-corrected chi connectivity index (χ2v) is 7.86. The molecule has 2 N–H and O–H groups in total. The lowest BCUT2D eigenvalue weighted by Gasteiger charge is -2.10. The number of hydrogen-bond donors (Lipinski definition) is 2. The van der Waals surface area contributed by atoms with E-state index in [2.05, 4.69) is 36.4 Å². The summed E-state index contributed by atoms with van der Waals surface area (Å²) in [7, 11) is 0. The van der Waals surface area contributed by atoms with Crippen LogP contribution in [0.3, 0.4) is 0 Å². The molecule has 3 aromatic heterocycles. The van der Waals surface area contributed by atoms with Gasteiger partial charge in [-0.05, 0) is 36.4 Å². The Kier molecular flexibility index (Phi) is 5.01. The fraction of sp³-hybridized carbons (Fsp3) is 0. The number of aromatic nitrogens is 4. The molecule has 0 aliphatic heterocycles. The first-order valence-corrected chi connectivity index (χ1v) is 10.4. The van der Waals surface area contributed by atoms with Gasteiger partial charge in [0, 0.05) is 39.4 Å². The maximum absolute atomic E-state index is 13.2. The molecule has 5 aromatic rings.